The summed E-state index contributed by atoms with van der Waals surface area (Å²) in [6.45, 7) is 18.6. The number of aromatic nitrogens is 1. The van der Waals surface area contributed by atoms with Crippen molar-refractivity contribution in [3.63, 3.8) is 0 Å². The molecule has 1 fully saturated rings. The molecule has 1 aromatic carbocycles. The van der Waals surface area contributed by atoms with Crippen molar-refractivity contribution in [2.24, 2.45) is 5.92 Å². The molecule has 0 spiro atoms. The van der Waals surface area contributed by atoms with Gasteiger partial charge >= 0.3 is 12.2 Å². The van der Waals surface area contributed by atoms with E-state index in [0.717, 1.165) is 29.8 Å². The number of ether oxygens (including phenoxy) is 3. The number of carbonyl (C=O) groups is 2. The van der Waals surface area contributed by atoms with E-state index in [-0.39, 0.29) is 18.7 Å². The maximum Gasteiger partial charge on any atom is 0.410 e. The van der Waals surface area contributed by atoms with Gasteiger partial charge in [-0.15, -0.1) is 0 Å². The summed E-state index contributed by atoms with van der Waals surface area (Å²) < 4.78 is 17.1. The number of likely N-dealkylation sites (tertiary alicyclic amines) is 1. The summed E-state index contributed by atoms with van der Waals surface area (Å²) in [5, 5.41) is 16.4. The smallest absolute Gasteiger partial charge is 0.410 e. The van der Waals surface area contributed by atoms with E-state index in [1.807, 2.05) is 66.7 Å². The van der Waals surface area contributed by atoms with Gasteiger partial charge in [0.25, 0.3) is 0 Å². The molecular weight excluding hydrogens is 558 g/mol. The van der Waals surface area contributed by atoms with E-state index in [1.54, 1.807) is 23.2 Å². The van der Waals surface area contributed by atoms with Crippen LogP contribution in [0.3, 0.4) is 0 Å². The molecule has 0 radical (unpaired) electrons. The van der Waals surface area contributed by atoms with Gasteiger partial charge in [0.1, 0.15) is 35.4 Å². The van der Waals surface area contributed by atoms with Crippen LogP contribution in [0.1, 0.15) is 87.1 Å². The van der Waals surface area contributed by atoms with Crippen molar-refractivity contribution in [1.29, 1.82) is 5.26 Å². The molecule has 1 saturated heterocycles. The third-order valence-corrected chi connectivity index (χ3v) is 6.90. The molecule has 3 rings (SSSR count). The van der Waals surface area contributed by atoms with E-state index in [4.69, 9.17) is 14.2 Å². The highest BCUT2D eigenvalue weighted by molar-refractivity contribution is 5.70. The number of rotatable bonds is 9. The van der Waals surface area contributed by atoms with Crippen molar-refractivity contribution in [2.75, 3.05) is 25.0 Å². The average Bonchev–Trinajstić information content (AvgIpc) is 2.90. The summed E-state index contributed by atoms with van der Waals surface area (Å²) in [4.78, 5) is 31.2. The summed E-state index contributed by atoms with van der Waals surface area (Å²) in [7, 11) is 0. The van der Waals surface area contributed by atoms with Crippen LogP contribution >= 0.6 is 0 Å². The molecule has 1 aromatic heterocycles. The molecule has 10 heteroatoms. The topological polar surface area (TPSA) is 126 Å². The number of hydrogen-bond donors (Lipinski definition) is 2. The maximum atomic E-state index is 12.6. The van der Waals surface area contributed by atoms with Crippen molar-refractivity contribution >= 4 is 18.0 Å². The Labute approximate surface area is 262 Å². The van der Waals surface area contributed by atoms with Gasteiger partial charge in [-0.05, 0) is 109 Å². The monoisotopic (exact) mass is 607 g/mol. The largest absolute Gasteiger partial charge is 0.490 e. The lowest BCUT2D eigenvalue weighted by Gasteiger charge is -2.34. The highest BCUT2D eigenvalue weighted by atomic mass is 16.6. The maximum absolute atomic E-state index is 12.6. The predicted molar refractivity (Wildman–Crippen MR) is 172 cm³/mol. The first-order valence-electron chi connectivity index (χ1n) is 15.3. The second-order valence-electron chi connectivity index (χ2n) is 14.2. The zero-order valence-electron chi connectivity index (χ0n) is 27.7. The van der Waals surface area contributed by atoms with Crippen LogP contribution in [0.2, 0.25) is 0 Å². The highest BCUT2D eigenvalue weighted by Gasteiger charge is 2.31. The standard InChI is InChI=1S/C34H49N5O5/c1-23(2)20-34(9,38-30(40)43-32(3,4)5)22-42-28-11-10-24(18-26(28)21-35)25-12-15-36-29(19-25)37-27-13-16-39(17-14-27)31(41)44-33(6,7)8/h10-12,15,18-19,23,27H,13-14,16-17,20,22H2,1-9H3,(H,36,37)(H,38,40). The van der Waals surface area contributed by atoms with E-state index < -0.39 is 22.8 Å². The van der Waals surface area contributed by atoms with Crippen molar-refractivity contribution < 1.29 is 23.8 Å². The number of anilines is 1. The van der Waals surface area contributed by atoms with Crippen molar-refractivity contribution in [3.05, 3.63) is 42.1 Å². The number of nitriles is 1. The molecule has 0 bridgehead atoms. The fraction of sp³-hybridized carbons (Fsp3) is 0.588. The number of nitrogens with one attached hydrogen (secondary N) is 2. The molecule has 2 heterocycles. The van der Waals surface area contributed by atoms with Gasteiger partial charge in [-0.25, -0.2) is 14.6 Å². The van der Waals surface area contributed by atoms with Crippen LogP contribution in [-0.4, -0.2) is 64.5 Å². The van der Waals surface area contributed by atoms with Crippen LogP contribution in [0.25, 0.3) is 11.1 Å². The van der Waals surface area contributed by atoms with Crippen molar-refractivity contribution in [2.45, 2.75) is 104 Å². The number of nitrogens with zero attached hydrogens (tertiary/aromatic N) is 3. The molecule has 2 N–H and O–H groups in total. The summed E-state index contributed by atoms with van der Waals surface area (Å²) in [5.74, 6) is 1.47. The molecule has 240 valence electrons. The van der Waals surface area contributed by atoms with Gasteiger partial charge in [0.2, 0.25) is 0 Å². The first kappa shape index (κ1) is 34.5. The summed E-state index contributed by atoms with van der Waals surface area (Å²) in [5.41, 5.74) is 0.335. The zero-order valence-corrected chi connectivity index (χ0v) is 27.7. The Hall–Kier alpha value is -4.00. The fourth-order valence-corrected chi connectivity index (χ4v) is 5.19. The third-order valence-electron chi connectivity index (χ3n) is 6.90. The van der Waals surface area contributed by atoms with E-state index in [0.29, 0.717) is 36.7 Å². The Morgan fingerprint density at radius 2 is 1.64 bits per heavy atom. The summed E-state index contributed by atoms with van der Waals surface area (Å²) in [6.07, 6.45) is 3.20. The summed E-state index contributed by atoms with van der Waals surface area (Å²) >= 11 is 0. The highest BCUT2D eigenvalue weighted by Crippen LogP contribution is 2.29. The van der Waals surface area contributed by atoms with Crippen LogP contribution in [0, 0.1) is 17.2 Å². The molecular formula is C34H49N5O5. The quantitative estimate of drug-likeness (QED) is 0.308. The second-order valence-corrected chi connectivity index (χ2v) is 14.2. The SMILES string of the molecule is CC(C)CC(C)(COc1ccc(-c2ccnc(NC3CCN(C(=O)OC(C)(C)C)CC3)c2)cc1C#N)NC(=O)OC(C)(C)C. The molecule has 0 aliphatic carbocycles. The van der Waals surface area contributed by atoms with E-state index in [1.165, 1.54) is 0 Å². The van der Waals surface area contributed by atoms with Gasteiger partial charge in [0.05, 0.1) is 11.1 Å². The summed E-state index contributed by atoms with van der Waals surface area (Å²) in [6, 6.07) is 11.8. The van der Waals surface area contributed by atoms with Gasteiger partial charge in [-0.1, -0.05) is 19.9 Å². The van der Waals surface area contributed by atoms with Gasteiger partial charge < -0.3 is 29.7 Å². The first-order valence-corrected chi connectivity index (χ1v) is 15.3. The Balaban J connectivity index is 1.66. The van der Waals surface area contributed by atoms with Crippen LogP contribution in [0.4, 0.5) is 15.4 Å². The van der Waals surface area contributed by atoms with Crippen molar-refractivity contribution in [3.8, 4) is 22.9 Å². The number of carbonyl (C=O) groups excluding carboxylic acids is 2. The molecule has 1 aliphatic rings. The van der Waals surface area contributed by atoms with Gasteiger partial charge in [-0.2, -0.15) is 5.26 Å². The first-order chi connectivity index (χ1) is 20.4. The molecule has 1 atom stereocenters. The lowest BCUT2D eigenvalue weighted by Crippen LogP contribution is -2.52. The van der Waals surface area contributed by atoms with Gasteiger partial charge in [0.15, 0.2) is 0 Å². The number of amides is 2. The van der Waals surface area contributed by atoms with Gasteiger partial charge in [-0.3, -0.25) is 0 Å². The lowest BCUT2D eigenvalue weighted by molar-refractivity contribution is 0.0209. The number of hydrogen-bond acceptors (Lipinski definition) is 8. The lowest BCUT2D eigenvalue weighted by atomic mass is 9.91. The van der Waals surface area contributed by atoms with Crippen LogP contribution in [0.15, 0.2) is 36.5 Å². The zero-order chi connectivity index (χ0) is 32.7. The number of pyridine rings is 1. The van der Waals surface area contributed by atoms with Crippen LogP contribution < -0.4 is 15.4 Å². The Kier molecular flexibility index (Phi) is 11.1. The van der Waals surface area contributed by atoms with Crippen LogP contribution in [-0.2, 0) is 9.47 Å². The van der Waals surface area contributed by atoms with Crippen LogP contribution in [0.5, 0.6) is 5.75 Å². The minimum absolute atomic E-state index is 0.175. The molecule has 1 unspecified atom stereocenters. The molecule has 10 nitrogen and oxygen atoms in total. The second kappa shape index (κ2) is 14.2. The Morgan fingerprint density at radius 1 is 1.00 bits per heavy atom. The number of benzene rings is 1. The van der Waals surface area contributed by atoms with Crippen molar-refractivity contribution in [1.82, 2.24) is 15.2 Å². The minimum Gasteiger partial charge on any atom is -0.490 e. The molecule has 2 aromatic rings. The molecule has 2 amide bonds. The Bertz CT molecular complexity index is 1330. The van der Waals surface area contributed by atoms with E-state index in [9.17, 15) is 14.9 Å². The third kappa shape index (κ3) is 10.9. The van der Waals surface area contributed by atoms with E-state index >= 15 is 0 Å². The molecule has 0 saturated carbocycles. The minimum atomic E-state index is -0.698. The van der Waals surface area contributed by atoms with Gasteiger partial charge in [0, 0.05) is 25.3 Å². The fourth-order valence-electron chi connectivity index (χ4n) is 5.19. The predicted octanol–water partition coefficient (Wildman–Crippen LogP) is 7.14. The average molecular weight is 608 g/mol. The molecule has 44 heavy (non-hydrogen) atoms. The number of alkyl carbamates (subject to hydrolysis) is 1. The normalized spacial score (nSPS) is 15.6. The number of piperidine rings is 1. The molecule has 1 aliphatic heterocycles. The Morgan fingerprint density at radius 3 is 2.23 bits per heavy atom. The van der Waals surface area contributed by atoms with E-state index in [2.05, 4.69) is 35.5 Å².